The van der Waals surface area contributed by atoms with Crippen LogP contribution in [0.4, 0.5) is 0 Å². The summed E-state index contributed by atoms with van der Waals surface area (Å²) >= 11 is 0. The van der Waals surface area contributed by atoms with Gasteiger partial charge in [0.25, 0.3) is 5.91 Å². The Morgan fingerprint density at radius 2 is 1.55 bits per heavy atom. The van der Waals surface area contributed by atoms with Crippen LogP contribution in [0.5, 0.6) is 0 Å². The van der Waals surface area contributed by atoms with E-state index in [1.165, 1.54) is 5.56 Å². The van der Waals surface area contributed by atoms with Gasteiger partial charge in [-0.15, -0.1) is 0 Å². The highest BCUT2D eigenvalue weighted by atomic mass is 16.3. The lowest BCUT2D eigenvalue weighted by molar-refractivity contribution is -0.147. The molecule has 1 saturated heterocycles. The molecule has 1 heterocycles. The third kappa shape index (κ3) is 3.49. The van der Waals surface area contributed by atoms with Crippen LogP contribution in [0.3, 0.4) is 0 Å². The first-order chi connectivity index (χ1) is 14.2. The third-order valence-electron chi connectivity index (χ3n) is 7.32. The highest BCUT2D eigenvalue weighted by Gasteiger charge is 2.58. The Bertz CT molecular complexity index is 838. The minimum Gasteiger partial charge on any atom is -0.375 e. The van der Waals surface area contributed by atoms with Gasteiger partial charge >= 0.3 is 0 Å². The Labute approximate surface area is 172 Å². The van der Waals surface area contributed by atoms with Crippen molar-refractivity contribution in [2.24, 2.45) is 17.8 Å². The Balaban J connectivity index is 1.24. The van der Waals surface area contributed by atoms with Crippen LogP contribution in [0, 0.1) is 17.8 Å². The number of carbonyl (C=O) groups excluding carboxylic acids is 1. The SMILES string of the molecule is O=C(NC1[C@H]2CN(Cc3ccccc3)C[C@@H]12)C(O)(c1ccccc1)C1CCCC1. The van der Waals surface area contributed by atoms with Crippen molar-refractivity contribution in [2.45, 2.75) is 43.9 Å². The molecule has 0 aromatic heterocycles. The maximum Gasteiger partial charge on any atom is 0.257 e. The molecule has 5 rings (SSSR count). The molecule has 2 unspecified atom stereocenters. The van der Waals surface area contributed by atoms with E-state index in [-0.39, 0.29) is 17.9 Å². The number of piperidine rings is 1. The normalized spacial score (nSPS) is 28.7. The summed E-state index contributed by atoms with van der Waals surface area (Å²) in [7, 11) is 0. The maximum absolute atomic E-state index is 13.3. The quantitative estimate of drug-likeness (QED) is 0.796. The predicted molar refractivity (Wildman–Crippen MR) is 113 cm³/mol. The molecule has 3 aliphatic rings. The average molecular weight is 391 g/mol. The van der Waals surface area contributed by atoms with Crippen molar-refractivity contribution in [3.8, 4) is 0 Å². The van der Waals surface area contributed by atoms with E-state index in [0.717, 1.165) is 50.9 Å². The molecule has 2 N–H and O–H groups in total. The first-order valence-electron chi connectivity index (χ1n) is 11.0. The summed E-state index contributed by atoms with van der Waals surface area (Å²) in [6.45, 7) is 3.03. The molecule has 2 aromatic rings. The molecule has 0 bridgehead atoms. The van der Waals surface area contributed by atoms with Crippen molar-refractivity contribution in [3.63, 3.8) is 0 Å². The van der Waals surface area contributed by atoms with Crippen LogP contribution in [0.1, 0.15) is 36.8 Å². The molecular weight excluding hydrogens is 360 g/mol. The molecule has 3 fully saturated rings. The fraction of sp³-hybridized carbons (Fsp3) is 0.480. The number of amides is 1. The smallest absolute Gasteiger partial charge is 0.257 e. The number of nitrogens with one attached hydrogen (secondary N) is 1. The Morgan fingerprint density at radius 3 is 2.17 bits per heavy atom. The van der Waals surface area contributed by atoms with Gasteiger partial charge in [-0.3, -0.25) is 9.69 Å². The Morgan fingerprint density at radius 1 is 0.966 bits per heavy atom. The van der Waals surface area contributed by atoms with Crippen molar-refractivity contribution < 1.29 is 9.90 Å². The molecule has 152 valence electrons. The maximum atomic E-state index is 13.3. The molecule has 0 radical (unpaired) electrons. The number of likely N-dealkylation sites (tertiary alicyclic amines) is 1. The summed E-state index contributed by atoms with van der Waals surface area (Å²) in [6.07, 6.45) is 4.02. The van der Waals surface area contributed by atoms with E-state index in [1.54, 1.807) is 0 Å². The Hall–Kier alpha value is -2.17. The van der Waals surface area contributed by atoms with Crippen LogP contribution in [-0.2, 0) is 16.9 Å². The molecule has 2 saturated carbocycles. The minimum atomic E-state index is -1.40. The van der Waals surface area contributed by atoms with Crippen LogP contribution >= 0.6 is 0 Å². The number of aliphatic hydroxyl groups is 1. The summed E-state index contributed by atoms with van der Waals surface area (Å²) in [4.78, 5) is 15.8. The van der Waals surface area contributed by atoms with Gasteiger partial charge < -0.3 is 10.4 Å². The summed E-state index contributed by atoms with van der Waals surface area (Å²) in [6, 6.07) is 20.3. The zero-order valence-electron chi connectivity index (χ0n) is 16.8. The first kappa shape index (κ1) is 18.8. The number of fused-ring (bicyclic) bond motifs is 1. The van der Waals surface area contributed by atoms with Gasteiger partial charge in [-0.1, -0.05) is 73.5 Å². The van der Waals surface area contributed by atoms with E-state index < -0.39 is 5.60 Å². The standard InChI is InChI=1S/C25H30N2O2/c28-24(25(29,20-13-7-8-14-20)19-11-5-2-6-12-19)26-23-21-16-27(17-22(21)23)15-18-9-3-1-4-10-18/h1-6,9-12,20-23,29H,7-8,13-17H2,(H,26,28)/t21-,22+,23?,25?. The number of benzene rings is 2. The molecular formula is C25H30N2O2. The van der Waals surface area contributed by atoms with Gasteiger partial charge in [0.2, 0.25) is 0 Å². The fourth-order valence-electron chi connectivity index (χ4n) is 5.65. The van der Waals surface area contributed by atoms with Crippen LogP contribution in [-0.4, -0.2) is 35.0 Å². The molecule has 1 aliphatic heterocycles. The van der Waals surface area contributed by atoms with Crippen LogP contribution < -0.4 is 5.32 Å². The second-order valence-electron chi connectivity index (χ2n) is 9.12. The zero-order chi connectivity index (χ0) is 19.8. The van der Waals surface area contributed by atoms with E-state index in [0.29, 0.717) is 11.8 Å². The van der Waals surface area contributed by atoms with E-state index in [2.05, 4.69) is 40.5 Å². The highest BCUT2D eigenvalue weighted by molar-refractivity contribution is 5.87. The molecule has 2 aromatic carbocycles. The number of nitrogens with zero attached hydrogens (tertiary/aromatic N) is 1. The number of hydrogen-bond donors (Lipinski definition) is 2. The summed E-state index contributed by atoms with van der Waals surface area (Å²) in [5, 5.41) is 14.9. The van der Waals surface area contributed by atoms with Crippen molar-refractivity contribution in [2.75, 3.05) is 13.1 Å². The van der Waals surface area contributed by atoms with Crippen molar-refractivity contribution in [1.82, 2.24) is 10.2 Å². The topological polar surface area (TPSA) is 52.6 Å². The van der Waals surface area contributed by atoms with E-state index in [9.17, 15) is 9.90 Å². The summed E-state index contributed by atoms with van der Waals surface area (Å²) < 4.78 is 0. The predicted octanol–water partition coefficient (Wildman–Crippen LogP) is 3.31. The second-order valence-corrected chi connectivity index (χ2v) is 9.12. The molecule has 0 spiro atoms. The average Bonchev–Trinajstić information content (AvgIpc) is 3.18. The molecule has 29 heavy (non-hydrogen) atoms. The van der Waals surface area contributed by atoms with Gasteiger partial charge in [0.1, 0.15) is 0 Å². The van der Waals surface area contributed by atoms with Gasteiger partial charge in [0.05, 0.1) is 0 Å². The lowest BCUT2D eigenvalue weighted by Gasteiger charge is -2.33. The summed E-state index contributed by atoms with van der Waals surface area (Å²) in [5.74, 6) is 0.861. The van der Waals surface area contributed by atoms with E-state index in [4.69, 9.17) is 0 Å². The number of hydrogen-bond acceptors (Lipinski definition) is 3. The molecule has 4 heteroatoms. The largest absolute Gasteiger partial charge is 0.375 e. The first-order valence-corrected chi connectivity index (χ1v) is 11.0. The molecule has 4 atom stereocenters. The monoisotopic (exact) mass is 390 g/mol. The van der Waals surface area contributed by atoms with Gasteiger partial charge in [-0.25, -0.2) is 0 Å². The van der Waals surface area contributed by atoms with E-state index in [1.807, 2.05) is 30.3 Å². The molecule has 4 nitrogen and oxygen atoms in total. The number of carbonyl (C=O) groups is 1. The molecule has 1 amide bonds. The fourth-order valence-corrected chi connectivity index (χ4v) is 5.65. The van der Waals surface area contributed by atoms with Crippen LogP contribution in [0.15, 0.2) is 60.7 Å². The van der Waals surface area contributed by atoms with Crippen molar-refractivity contribution in [3.05, 3.63) is 71.8 Å². The lowest BCUT2D eigenvalue weighted by Crippen LogP contribution is -2.50. The van der Waals surface area contributed by atoms with E-state index >= 15 is 0 Å². The van der Waals surface area contributed by atoms with Crippen LogP contribution in [0.25, 0.3) is 0 Å². The zero-order valence-corrected chi connectivity index (χ0v) is 16.8. The summed E-state index contributed by atoms with van der Waals surface area (Å²) in [5.41, 5.74) is 0.674. The van der Waals surface area contributed by atoms with Crippen molar-refractivity contribution >= 4 is 5.91 Å². The highest BCUT2D eigenvalue weighted by Crippen LogP contribution is 2.47. The Kier molecular flexibility index (Phi) is 4.92. The van der Waals surface area contributed by atoms with Gasteiger partial charge in [-0.05, 0) is 35.8 Å². The van der Waals surface area contributed by atoms with Crippen LogP contribution in [0.2, 0.25) is 0 Å². The molecule has 2 aliphatic carbocycles. The minimum absolute atomic E-state index is 0.0121. The van der Waals surface area contributed by atoms with Gasteiger partial charge in [0.15, 0.2) is 5.60 Å². The van der Waals surface area contributed by atoms with Gasteiger partial charge in [0, 0.05) is 31.6 Å². The third-order valence-corrected chi connectivity index (χ3v) is 7.32. The second kappa shape index (κ2) is 7.58. The van der Waals surface area contributed by atoms with Crippen molar-refractivity contribution in [1.29, 1.82) is 0 Å². The lowest BCUT2D eigenvalue weighted by atomic mass is 9.79. The van der Waals surface area contributed by atoms with Gasteiger partial charge in [-0.2, -0.15) is 0 Å². The number of rotatable bonds is 6.